The van der Waals surface area contributed by atoms with Crippen LogP contribution in [0.25, 0.3) is 0 Å². The monoisotopic (exact) mass is 303 g/mol. The molecule has 2 heterocycles. The van der Waals surface area contributed by atoms with Crippen molar-refractivity contribution in [3.8, 4) is 0 Å². The van der Waals surface area contributed by atoms with E-state index >= 15 is 0 Å². The highest BCUT2D eigenvalue weighted by molar-refractivity contribution is 5.35. The lowest BCUT2D eigenvalue weighted by Gasteiger charge is -2.38. The molecule has 2 aliphatic rings. The van der Waals surface area contributed by atoms with Crippen molar-refractivity contribution in [3.05, 3.63) is 39.9 Å². The first-order valence-electron chi connectivity index (χ1n) is 8.37. The molecule has 0 bridgehead atoms. The van der Waals surface area contributed by atoms with Gasteiger partial charge in [0.2, 0.25) is 0 Å². The zero-order valence-corrected chi connectivity index (χ0v) is 13.2. The molecule has 5 heteroatoms. The summed E-state index contributed by atoms with van der Waals surface area (Å²) in [5.74, 6) is 0.802. The van der Waals surface area contributed by atoms with Crippen LogP contribution in [-0.2, 0) is 0 Å². The zero-order valence-electron chi connectivity index (χ0n) is 13.2. The summed E-state index contributed by atoms with van der Waals surface area (Å²) in [6, 6.07) is 8.04. The number of nitro groups is 1. The number of nitrogens with one attached hydrogen (secondary N) is 1. The van der Waals surface area contributed by atoms with Gasteiger partial charge in [-0.15, -0.1) is 0 Å². The van der Waals surface area contributed by atoms with Gasteiger partial charge in [0.15, 0.2) is 0 Å². The maximum absolute atomic E-state index is 10.9. The van der Waals surface area contributed by atoms with Crippen molar-refractivity contribution in [2.24, 2.45) is 5.92 Å². The smallest absolute Gasteiger partial charge is 0.269 e. The first-order valence-corrected chi connectivity index (χ1v) is 8.37. The van der Waals surface area contributed by atoms with Gasteiger partial charge < -0.3 is 5.32 Å². The van der Waals surface area contributed by atoms with Crippen LogP contribution in [-0.4, -0.2) is 35.5 Å². The molecule has 120 valence electrons. The fraction of sp³-hybridized carbons (Fsp3) is 0.647. The Labute approximate surface area is 131 Å². The first kappa shape index (κ1) is 15.4. The molecule has 2 unspecified atom stereocenters. The van der Waals surface area contributed by atoms with Crippen LogP contribution in [0.4, 0.5) is 5.69 Å². The lowest BCUT2D eigenvalue weighted by atomic mass is 9.87. The van der Waals surface area contributed by atoms with Crippen LogP contribution < -0.4 is 5.32 Å². The molecule has 2 atom stereocenters. The molecule has 0 radical (unpaired) electrons. The van der Waals surface area contributed by atoms with Gasteiger partial charge in [-0.1, -0.05) is 12.1 Å². The van der Waals surface area contributed by atoms with E-state index in [-0.39, 0.29) is 16.7 Å². The number of nitrogens with zero attached hydrogens (tertiary/aromatic N) is 2. The molecule has 0 aromatic heterocycles. The minimum atomic E-state index is -0.311. The lowest BCUT2D eigenvalue weighted by molar-refractivity contribution is -0.385. The third-order valence-electron chi connectivity index (χ3n) is 5.35. The number of likely N-dealkylation sites (tertiary alicyclic amines) is 1. The van der Waals surface area contributed by atoms with Gasteiger partial charge in [0, 0.05) is 24.2 Å². The standard InChI is InChI=1S/C17H25N3O2/c1-13(15-4-2-5-16(12-15)20(21)22)19-10-7-14(8-11-19)17-6-3-9-18-17/h2,4-5,12-14,17-18H,3,6-11H2,1H3. The molecule has 0 spiro atoms. The van der Waals surface area contributed by atoms with E-state index in [1.807, 2.05) is 6.07 Å². The van der Waals surface area contributed by atoms with Gasteiger partial charge in [-0.2, -0.15) is 0 Å². The SMILES string of the molecule is CC(c1cccc([N+](=O)[O-])c1)N1CCC(C2CCCN2)CC1. The van der Waals surface area contributed by atoms with Gasteiger partial charge in [-0.3, -0.25) is 15.0 Å². The Kier molecular flexibility index (Phi) is 4.74. The Balaban J connectivity index is 1.60. The lowest BCUT2D eigenvalue weighted by Crippen LogP contribution is -2.41. The zero-order chi connectivity index (χ0) is 15.5. The fourth-order valence-corrected chi connectivity index (χ4v) is 3.93. The number of non-ortho nitro benzene ring substituents is 1. The molecule has 1 aromatic carbocycles. The number of hydrogen-bond donors (Lipinski definition) is 1. The summed E-state index contributed by atoms with van der Waals surface area (Å²) in [6.07, 6.45) is 5.11. The van der Waals surface area contributed by atoms with Gasteiger partial charge in [-0.25, -0.2) is 0 Å². The normalized spacial score (nSPS) is 25.2. The summed E-state index contributed by atoms with van der Waals surface area (Å²) >= 11 is 0. The molecular weight excluding hydrogens is 278 g/mol. The largest absolute Gasteiger partial charge is 0.314 e. The van der Waals surface area contributed by atoms with Crippen LogP contribution in [0.3, 0.4) is 0 Å². The average Bonchev–Trinajstić information content (AvgIpc) is 3.09. The van der Waals surface area contributed by atoms with E-state index in [9.17, 15) is 10.1 Å². The number of hydrogen-bond acceptors (Lipinski definition) is 4. The third-order valence-corrected chi connectivity index (χ3v) is 5.35. The van der Waals surface area contributed by atoms with Crippen LogP contribution in [0.15, 0.2) is 24.3 Å². The number of benzene rings is 1. The van der Waals surface area contributed by atoms with Gasteiger partial charge in [0.05, 0.1) is 4.92 Å². The van der Waals surface area contributed by atoms with Crippen molar-refractivity contribution < 1.29 is 4.92 Å². The minimum Gasteiger partial charge on any atom is -0.314 e. The highest BCUT2D eigenvalue weighted by Crippen LogP contribution is 2.31. The maximum atomic E-state index is 10.9. The van der Waals surface area contributed by atoms with Crippen molar-refractivity contribution in [2.75, 3.05) is 19.6 Å². The molecule has 0 amide bonds. The molecule has 22 heavy (non-hydrogen) atoms. The maximum Gasteiger partial charge on any atom is 0.269 e. The van der Waals surface area contributed by atoms with Crippen LogP contribution in [0.5, 0.6) is 0 Å². The van der Waals surface area contributed by atoms with E-state index in [0.29, 0.717) is 0 Å². The average molecular weight is 303 g/mol. The molecule has 3 rings (SSSR count). The molecule has 2 saturated heterocycles. The van der Waals surface area contributed by atoms with Crippen molar-refractivity contribution in [2.45, 2.75) is 44.7 Å². The molecular formula is C17H25N3O2. The van der Waals surface area contributed by atoms with E-state index in [1.54, 1.807) is 18.2 Å². The van der Waals surface area contributed by atoms with Crippen molar-refractivity contribution >= 4 is 5.69 Å². The van der Waals surface area contributed by atoms with Crippen LogP contribution >= 0.6 is 0 Å². The van der Waals surface area contributed by atoms with Gasteiger partial charge in [0.1, 0.15) is 0 Å². The number of rotatable bonds is 4. The molecule has 5 nitrogen and oxygen atoms in total. The second-order valence-corrected chi connectivity index (χ2v) is 6.60. The van der Waals surface area contributed by atoms with E-state index in [1.165, 1.54) is 32.2 Å². The second kappa shape index (κ2) is 6.75. The topological polar surface area (TPSA) is 58.4 Å². The van der Waals surface area contributed by atoms with Crippen LogP contribution in [0.1, 0.15) is 44.2 Å². The summed E-state index contributed by atoms with van der Waals surface area (Å²) in [5, 5.41) is 14.6. The molecule has 0 saturated carbocycles. The van der Waals surface area contributed by atoms with E-state index in [0.717, 1.165) is 30.6 Å². The van der Waals surface area contributed by atoms with Gasteiger partial charge in [-0.05, 0) is 63.7 Å². The third kappa shape index (κ3) is 3.31. The summed E-state index contributed by atoms with van der Waals surface area (Å²) in [6.45, 7) is 5.52. The molecule has 0 aliphatic carbocycles. The summed E-state index contributed by atoms with van der Waals surface area (Å²) < 4.78 is 0. The van der Waals surface area contributed by atoms with Crippen molar-refractivity contribution in [1.29, 1.82) is 0 Å². The Hall–Kier alpha value is -1.46. The second-order valence-electron chi connectivity index (χ2n) is 6.60. The Morgan fingerprint density at radius 2 is 2.09 bits per heavy atom. The van der Waals surface area contributed by atoms with E-state index in [4.69, 9.17) is 0 Å². The van der Waals surface area contributed by atoms with Crippen LogP contribution in [0, 0.1) is 16.0 Å². The number of nitro benzene ring substituents is 1. The molecule has 2 fully saturated rings. The fourth-order valence-electron chi connectivity index (χ4n) is 3.93. The molecule has 1 N–H and O–H groups in total. The Morgan fingerprint density at radius 3 is 2.73 bits per heavy atom. The molecule has 1 aromatic rings. The summed E-state index contributed by atoms with van der Waals surface area (Å²) in [5.41, 5.74) is 1.24. The Bertz CT molecular complexity index is 520. The van der Waals surface area contributed by atoms with Crippen LogP contribution in [0.2, 0.25) is 0 Å². The highest BCUT2D eigenvalue weighted by atomic mass is 16.6. The molecule has 2 aliphatic heterocycles. The minimum absolute atomic E-state index is 0.189. The number of piperidine rings is 1. The summed E-state index contributed by atoms with van der Waals surface area (Å²) in [7, 11) is 0. The first-order chi connectivity index (χ1) is 10.6. The summed E-state index contributed by atoms with van der Waals surface area (Å²) in [4.78, 5) is 13.1. The van der Waals surface area contributed by atoms with Gasteiger partial charge in [0.25, 0.3) is 5.69 Å². The van der Waals surface area contributed by atoms with Crippen molar-refractivity contribution in [3.63, 3.8) is 0 Å². The Morgan fingerprint density at radius 1 is 1.32 bits per heavy atom. The van der Waals surface area contributed by atoms with E-state index < -0.39 is 0 Å². The van der Waals surface area contributed by atoms with Crippen molar-refractivity contribution in [1.82, 2.24) is 10.2 Å². The highest BCUT2D eigenvalue weighted by Gasteiger charge is 2.30. The quantitative estimate of drug-likeness (QED) is 0.686. The predicted molar refractivity (Wildman–Crippen MR) is 86.8 cm³/mol. The van der Waals surface area contributed by atoms with E-state index in [2.05, 4.69) is 17.1 Å². The van der Waals surface area contributed by atoms with Gasteiger partial charge >= 0.3 is 0 Å². The predicted octanol–water partition coefficient (Wildman–Crippen LogP) is 3.12.